The van der Waals surface area contributed by atoms with Gasteiger partial charge in [-0.2, -0.15) is 0 Å². The molecule has 0 aliphatic carbocycles. The average Bonchev–Trinajstić information content (AvgIpc) is 2.35. The highest BCUT2D eigenvalue weighted by atomic mass is 79.9. The quantitative estimate of drug-likeness (QED) is 0.847. The Kier molecular flexibility index (Phi) is 6.22. The second-order valence-electron chi connectivity index (χ2n) is 4.25. The molecule has 1 atom stereocenters. The first-order valence-corrected chi connectivity index (χ1v) is 6.63. The highest BCUT2D eigenvalue weighted by Gasteiger charge is 2.06. The third-order valence-corrected chi connectivity index (χ3v) is 3.47. The molecular weight excluding hydrogens is 280 g/mol. The number of amides is 1. The number of nitrogens with two attached hydrogens (primary N) is 1. The van der Waals surface area contributed by atoms with Crippen molar-refractivity contribution < 1.29 is 4.79 Å². The molecule has 0 aliphatic heterocycles. The fourth-order valence-corrected chi connectivity index (χ4v) is 1.84. The molecule has 1 unspecified atom stereocenters. The van der Waals surface area contributed by atoms with E-state index in [-0.39, 0.29) is 5.91 Å². The van der Waals surface area contributed by atoms with Crippen LogP contribution in [0.25, 0.3) is 0 Å². The Labute approximate surface area is 111 Å². The van der Waals surface area contributed by atoms with E-state index in [0.29, 0.717) is 25.4 Å². The molecule has 3 N–H and O–H groups in total. The molecule has 0 saturated heterocycles. The van der Waals surface area contributed by atoms with Gasteiger partial charge in [0.2, 0.25) is 5.91 Å². The molecule has 0 aliphatic rings. The fraction of sp³-hybridized carbons (Fsp3) is 0.462. The van der Waals surface area contributed by atoms with Crippen molar-refractivity contribution in [2.24, 2.45) is 11.7 Å². The van der Waals surface area contributed by atoms with Crippen molar-refractivity contribution in [3.63, 3.8) is 0 Å². The fourth-order valence-electron chi connectivity index (χ4n) is 1.42. The Hall–Kier alpha value is -0.870. The minimum Gasteiger partial charge on any atom is -0.352 e. The molecule has 1 aromatic rings. The summed E-state index contributed by atoms with van der Waals surface area (Å²) in [5.41, 5.74) is 6.60. The van der Waals surface area contributed by atoms with Crippen LogP contribution in [-0.4, -0.2) is 12.5 Å². The van der Waals surface area contributed by atoms with Crippen LogP contribution in [0.2, 0.25) is 0 Å². The molecule has 0 radical (unpaired) electrons. The van der Waals surface area contributed by atoms with Crippen LogP contribution in [-0.2, 0) is 11.3 Å². The summed E-state index contributed by atoms with van der Waals surface area (Å²) in [5, 5.41) is 2.91. The van der Waals surface area contributed by atoms with Gasteiger partial charge in [-0.1, -0.05) is 41.1 Å². The van der Waals surface area contributed by atoms with Gasteiger partial charge in [0.1, 0.15) is 0 Å². The molecule has 0 bridgehead atoms. The molecule has 4 heteroatoms. The molecule has 0 saturated carbocycles. The maximum Gasteiger partial charge on any atom is 0.220 e. The van der Waals surface area contributed by atoms with Crippen molar-refractivity contribution in [1.29, 1.82) is 0 Å². The summed E-state index contributed by atoms with van der Waals surface area (Å²) in [7, 11) is 0. The van der Waals surface area contributed by atoms with E-state index in [0.717, 1.165) is 16.5 Å². The van der Waals surface area contributed by atoms with E-state index in [1.807, 2.05) is 24.3 Å². The number of hydrogen-bond acceptors (Lipinski definition) is 2. The number of benzene rings is 1. The lowest BCUT2D eigenvalue weighted by atomic mass is 10.1. The normalized spacial score (nSPS) is 12.2. The van der Waals surface area contributed by atoms with Crippen molar-refractivity contribution in [2.75, 3.05) is 6.54 Å². The third kappa shape index (κ3) is 5.33. The lowest BCUT2D eigenvalue weighted by molar-refractivity contribution is -0.121. The molecule has 0 aromatic heterocycles. The highest BCUT2D eigenvalue weighted by Crippen LogP contribution is 2.15. The van der Waals surface area contributed by atoms with Gasteiger partial charge in [-0.3, -0.25) is 4.79 Å². The monoisotopic (exact) mass is 298 g/mol. The lowest BCUT2D eigenvalue weighted by Gasteiger charge is -2.09. The average molecular weight is 299 g/mol. The van der Waals surface area contributed by atoms with Gasteiger partial charge in [-0.05, 0) is 30.5 Å². The van der Waals surface area contributed by atoms with Crippen molar-refractivity contribution in [2.45, 2.75) is 26.3 Å². The molecule has 1 rings (SSSR count). The van der Waals surface area contributed by atoms with Crippen LogP contribution in [0.5, 0.6) is 0 Å². The molecule has 3 nitrogen and oxygen atoms in total. The summed E-state index contributed by atoms with van der Waals surface area (Å²) in [6, 6.07) is 7.88. The Morgan fingerprint density at radius 3 is 2.82 bits per heavy atom. The molecule has 0 spiro atoms. The van der Waals surface area contributed by atoms with Crippen LogP contribution in [0.4, 0.5) is 0 Å². The maximum atomic E-state index is 11.6. The first-order chi connectivity index (χ1) is 8.13. The summed E-state index contributed by atoms with van der Waals surface area (Å²) in [4.78, 5) is 11.6. The molecule has 0 heterocycles. The maximum absolute atomic E-state index is 11.6. The first kappa shape index (κ1) is 14.2. The summed E-state index contributed by atoms with van der Waals surface area (Å²) < 4.78 is 1.02. The number of halogens is 1. The number of carbonyl (C=O) groups excluding carboxylic acids is 1. The second-order valence-corrected chi connectivity index (χ2v) is 5.10. The summed E-state index contributed by atoms with van der Waals surface area (Å²) in [5.74, 6) is 0.491. The molecular formula is C13H19BrN2O. The van der Waals surface area contributed by atoms with Gasteiger partial charge in [-0.15, -0.1) is 0 Å². The number of carbonyl (C=O) groups is 1. The van der Waals surface area contributed by atoms with Crippen molar-refractivity contribution in [3.05, 3.63) is 34.3 Å². The van der Waals surface area contributed by atoms with Gasteiger partial charge in [0.25, 0.3) is 0 Å². The molecule has 1 amide bonds. The molecule has 17 heavy (non-hydrogen) atoms. The Morgan fingerprint density at radius 1 is 1.47 bits per heavy atom. The van der Waals surface area contributed by atoms with Crippen LogP contribution >= 0.6 is 15.9 Å². The zero-order valence-electron chi connectivity index (χ0n) is 10.1. The summed E-state index contributed by atoms with van der Waals surface area (Å²) >= 11 is 3.45. The van der Waals surface area contributed by atoms with E-state index in [9.17, 15) is 4.79 Å². The van der Waals surface area contributed by atoms with E-state index in [1.165, 1.54) is 0 Å². The Morgan fingerprint density at radius 2 is 2.18 bits per heavy atom. The van der Waals surface area contributed by atoms with Crippen LogP contribution in [0.15, 0.2) is 28.7 Å². The van der Waals surface area contributed by atoms with Crippen molar-refractivity contribution in [1.82, 2.24) is 5.32 Å². The number of hydrogen-bond donors (Lipinski definition) is 2. The van der Waals surface area contributed by atoms with Gasteiger partial charge in [0.05, 0.1) is 0 Å². The predicted molar refractivity (Wildman–Crippen MR) is 73.4 cm³/mol. The van der Waals surface area contributed by atoms with E-state index in [1.54, 1.807) is 0 Å². The minimum atomic E-state index is 0.0843. The van der Waals surface area contributed by atoms with Gasteiger partial charge in [0, 0.05) is 17.4 Å². The zero-order valence-corrected chi connectivity index (χ0v) is 11.7. The number of rotatable bonds is 6. The molecule has 94 valence electrons. The van der Waals surface area contributed by atoms with E-state index < -0.39 is 0 Å². The predicted octanol–water partition coefficient (Wildman–Crippen LogP) is 2.44. The Balaban J connectivity index is 2.31. The van der Waals surface area contributed by atoms with E-state index in [2.05, 4.69) is 28.2 Å². The van der Waals surface area contributed by atoms with Gasteiger partial charge >= 0.3 is 0 Å². The van der Waals surface area contributed by atoms with Crippen molar-refractivity contribution >= 4 is 21.8 Å². The smallest absolute Gasteiger partial charge is 0.220 e. The molecule has 1 aromatic carbocycles. The second kappa shape index (κ2) is 7.45. The third-order valence-electron chi connectivity index (χ3n) is 2.70. The van der Waals surface area contributed by atoms with Crippen LogP contribution < -0.4 is 11.1 Å². The standard InChI is InChI=1S/C13H19BrN2O/c1-10(8-15)6-7-13(17)16-9-11-4-2-3-5-12(11)14/h2-5,10H,6-9,15H2,1H3,(H,16,17). The van der Waals surface area contributed by atoms with E-state index in [4.69, 9.17) is 5.73 Å². The van der Waals surface area contributed by atoms with Gasteiger partial charge < -0.3 is 11.1 Å². The zero-order chi connectivity index (χ0) is 12.7. The summed E-state index contributed by atoms with van der Waals surface area (Å²) in [6.45, 7) is 3.26. The topological polar surface area (TPSA) is 55.1 Å². The van der Waals surface area contributed by atoms with Gasteiger partial charge in [-0.25, -0.2) is 0 Å². The summed E-state index contributed by atoms with van der Waals surface area (Å²) in [6.07, 6.45) is 1.39. The van der Waals surface area contributed by atoms with Gasteiger partial charge in [0.15, 0.2) is 0 Å². The Bertz CT molecular complexity index is 368. The van der Waals surface area contributed by atoms with E-state index >= 15 is 0 Å². The van der Waals surface area contributed by atoms with Crippen LogP contribution in [0.1, 0.15) is 25.3 Å². The van der Waals surface area contributed by atoms with Crippen molar-refractivity contribution in [3.8, 4) is 0 Å². The van der Waals surface area contributed by atoms with Crippen LogP contribution in [0.3, 0.4) is 0 Å². The van der Waals surface area contributed by atoms with Crippen LogP contribution in [0, 0.1) is 5.92 Å². The SMILES string of the molecule is CC(CN)CCC(=O)NCc1ccccc1Br. The largest absolute Gasteiger partial charge is 0.352 e. The number of nitrogens with one attached hydrogen (secondary N) is 1. The first-order valence-electron chi connectivity index (χ1n) is 5.83. The minimum absolute atomic E-state index is 0.0843. The highest BCUT2D eigenvalue weighted by molar-refractivity contribution is 9.10. The lowest BCUT2D eigenvalue weighted by Crippen LogP contribution is -2.24. The molecule has 0 fully saturated rings.